The van der Waals surface area contributed by atoms with Crippen molar-refractivity contribution in [3.8, 4) is 0 Å². The number of anilines is 2. The molecule has 21 heavy (non-hydrogen) atoms. The Bertz CT molecular complexity index is 592. The van der Waals surface area contributed by atoms with Gasteiger partial charge in [0.1, 0.15) is 10.7 Å². The molecule has 2 aromatic rings. The highest BCUT2D eigenvalue weighted by Gasteiger charge is 2.18. The third-order valence-corrected chi connectivity index (χ3v) is 4.50. The van der Waals surface area contributed by atoms with Crippen molar-refractivity contribution in [1.29, 1.82) is 0 Å². The fourth-order valence-corrected chi connectivity index (χ4v) is 3.52. The molecule has 7 heteroatoms. The van der Waals surface area contributed by atoms with E-state index in [4.69, 9.17) is 5.73 Å². The lowest BCUT2D eigenvalue weighted by molar-refractivity contribution is 0.0945. The van der Waals surface area contributed by atoms with Crippen molar-refractivity contribution in [2.45, 2.75) is 39.3 Å². The van der Waals surface area contributed by atoms with Crippen LogP contribution in [0.5, 0.6) is 0 Å². The number of thiazole rings is 1. The maximum absolute atomic E-state index is 12.3. The number of nitrogens with two attached hydrogens (primary N) is 1. The van der Waals surface area contributed by atoms with Crippen LogP contribution in [0.4, 0.5) is 10.9 Å². The molecule has 4 N–H and O–H groups in total. The van der Waals surface area contributed by atoms with Crippen molar-refractivity contribution >= 4 is 39.5 Å². The van der Waals surface area contributed by atoms with Crippen molar-refractivity contribution < 1.29 is 4.79 Å². The summed E-state index contributed by atoms with van der Waals surface area (Å²) in [6.07, 6.45) is 0.811. The van der Waals surface area contributed by atoms with Gasteiger partial charge in [-0.25, -0.2) is 4.98 Å². The van der Waals surface area contributed by atoms with Gasteiger partial charge < -0.3 is 16.4 Å². The fourth-order valence-electron chi connectivity index (χ4n) is 1.91. The maximum Gasteiger partial charge on any atom is 0.265 e. The van der Waals surface area contributed by atoms with Crippen LogP contribution in [0, 0.1) is 0 Å². The Morgan fingerprint density at radius 2 is 2.19 bits per heavy atom. The van der Waals surface area contributed by atoms with Crippen LogP contribution in [0.3, 0.4) is 0 Å². The van der Waals surface area contributed by atoms with Crippen LogP contribution in [0.1, 0.15) is 36.0 Å². The number of hydrogen-bond donors (Lipinski definition) is 3. The van der Waals surface area contributed by atoms with Gasteiger partial charge in [-0.1, -0.05) is 11.3 Å². The molecular formula is C14H20N4OS2. The monoisotopic (exact) mass is 324 g/mol. The van der Waals surface area contributed by atoms with Crippen molar-refractivity contribution in [2.24, 2.45) is 0 Å². The van der Waals surface area contributed by atoms with Crippen LogP contribution in [0.2, 0.25) is 0 Å². The number of aromatic nitrogens is 1. The third-order valence-electron chi connectivity index (χ3n) is 2.77. The first-order valence-corrected chi connectivity index (χ1v) is 8.56. The van der Waals surface area contributed by atoms with Gasteiger partial charge in [0.15, 0.2) is 5.13 Å². The van der Waals surface area contributed by atoms with E-state index in [-0.39, 0.29) is 23.8 Å². The number of rotatable bonds is 6. The van der Waals surface area contributed by atoms with Gasteiger partial charge in [0.05, 0.1) is 0 Å². The minimum absolute atomic E-state index is 0.0510. The Hall–Kier alpha value is -1.60. The van der Waals surface area contributed by atoms with Gasteiger partial charge in [-0.3, -0.25) is 4.79 Å². The Labute approximate surface area is 132 Å². The molecule has 1 unspecified atom stereocenters. The molecule has 0 bridgehead atoms. The first-order valence-electron chi connectivity index (χ1n) is 6.80. The minimum atomic E-state index is -0.162. The number of nitrogens with one attached hydrogen (secondary N) is 2. The van der Waals surface area contributed by atoms with Gasteiger partial charge in [0, 0.05) is 12.1 Å². The molecule has 114 valence electrons. The first-order chi connectivity index (χ1) is 9.95. The van der Waals surface area contributed by atoms with Crippen LogP contribution in [0.25, 0.3) is 0 Å². The van der Waals surface area contributed by atoms with E-state index in [2.05, 4.69) is 27.1 Å². The average molecular weight is 324 g/mol. The van der Waals surface area contributed by atoms with Crippen LogP contribution in [-0.4, -0.2) is 23.0 Å². The summed E-state index contributed by atoms with van der Waals surface area (Å²) in [4.78, 5) is 16.9. The fraction of sp³-hybridized carbons (Fsp3) is 0.429. The predicted octanol–water partition coefficient (Wildman–Crippen LogP) is 2.97. The summed E-state index contributed by atoms with van der Waals surface area (Å²) in [5.41, 5.74) is 7.06. The molecule has 1 atom stereocenters. The van der Waals surface area contributed by atoms with E-state index in [1.54, 1.807) is 11.3 Å². The largest absolute Gasteiger partial charge is 0.382 e. The van der Waals surface area contributed by atoms with Crippen LogP contribution in [-0.2, 0) is 6.42 Å². The first kappa shape index (κ1) is 15.8. The van der Waals surface area contributed by atoms with E-state index in [0.29, 0.717) is 10.0 Å². The van der Waals surface area contributed by atoms with Gasteiger partial charge in [0.2, 0.25) is 0 Å². The number of hydrogen-bond acceptors (Lipinski definition) is 6. The molecular weight excluding hydrogens is 304 g/mol. The number of nitrogen functional groups attached to an aromatic ring is 1. The minimum Gasteiger partial charge on any atom is -0.382 e. The van der Waals surface area contributed by atoms with Gasteiger partial charge in [-0.05, 0) is 49.6 Å². The summed E-state index contributed by atoms with van der Waals surface area (Å²) in [5, 5.41) is 10.9. The van der Waals surface area contributed by atoms with E-state index in [0.717, 1.165) is 6.42 Å². The number of carbonyl (C=O) groups excluding carboxylic acids is 1. The molecule has 0 fully saturated rings. The lowest BCUT2D eigenvalue weighted by atomic mass is 10.1. The van der Waals surface area contributed by atoms with Gasteiger partial charge in [-0.15, -0.1) is 0 Å². The highest BCUT2D eigenvalue weighted by Crippen LogP contribution is 2.25. The van der Waals surface area contributed by atoms with E-state index in [1.165, 1.54) is 16.9 Å². The van der Waals surface area contributed by atoms with E-state index in [1.807, 2.05) is 26.2 Å². The second-order valence-corrected chi connectivity index (χ2v) is 7.02. The summed E-state index contributed by atoms with van der Waals surface area (Å²) in [7, 11) is 0. The van der Waals surface area contributed by atoms with Gasteiger partial charge >= 0.3 is 0 Å². The molecule has 0 saturated heterocycles. The molecule has 0 aliphatic carbocycles. The Balaban J connectivity index is 1.97. The molecule has 1 amide bonds. The Morgan fingerprint density at radius 3 is 2.81 bits per heavy atom. The predicted molar refractivity (Wildman–Crippen MR) is 90.2 cm³/mol. The van der Waals surface area contributed by atoms with E-state index >= 15 is 0 Å². The Morgan fingerprint density at radius 1 is 1.43 bits per heavy atom. The molecule has 0 aromatic carbocycles. The molecule has 2 aromatic heterocycles. The van der Waals surface area contributed by atoms with Gasteiger partial charge in [-0.2, -0.15) is 11.3 Å². The van der Waals surface area contributed by atoms with Gasteiger partial charge in [0.25, 0.3) is 5.91 Å². The zero-order valence-corrected chi connectivity index (χ0v) is 14.0. The molecule has 0 radical (unpaired) electrons. The second kappa shape index (κ2) is 6.91. The number of carbonyl (C=O) groups is 1. The van der Waals surface area contributed by atoms with Crippen LogP contribution in [0.15, 0.2) is 16.8 Å². The van der Waals surface area contributed by atoms with E-state index in [9.17, 15) is 4.79 Å². The van der Waals surface area contributed by atoms with Crippen molar-refractivity contribution in [1.82, 2.24) is 10.3 Å². The molecule has 0 saturated carbocycles. The molecule has 2 rings (SSSR count). The number of nitrogens with zero attached hydrogens (tertiary/aromatic N) is 1. The highest BCUT2D eigenvalue weighted by atomic mass is 32.1. The number of thiophene rings is 1. The lowest BCUT2D eigenvalue weighted by Gasteiger charge is -2.12. The summed E-state index contributed by atoms with van der Waals surface area (Å²) < 4.78 is 0. The second-order valence-electron chi connectivity index (χ2n) is 5.24. The average Bonchev–Trinajstić information content (AvgIpc) is 2.98. The van der Waals surface area contributed by atoms with E-state index < -0.39 is 0 Å². The van der Waals surface area contributed by atoms with Crippen molar-refractivity contribution in [3.63, 3.8) is 0 Å². The SMILES string of the molecule is CC(C)Nc1nc(N)c(C(=O)NC(C)Cc2ccsc2)s1. The summed E-state index contributed by atoms with van der Waals surface area (Å²) >= 11 is 2.95. The molecule has 5 nitrogen and oxygen atoms in total. The zero-order valence-electron chi connectivity index (χ0n) is 12.3. The Kier molecular flexibility index (Phi) is 5.19. The standard InChI is InChI=1S/C14H20N4OS2/c1-8(2)16-14-18-12(15)11(21-14)13(19)17-9(3)6-10-4-5-20-7-10/h4-5,7-9H,6,15H2,1-3H3,(H,16,18)(H,17,19). The normalized spacial score (nSPS) is 12.4. The molecule has 2 heterocycles. The highest BCUT2D eigenvalue weighted by molar-refractivity contribution is 7.18. The summed E-state index contributed by atoms with van der Waals surface area (Å²) in [5.74, 6) is 0.118. The number of amides is 1. The van der Waals surface area contributed by atoms with Crippen LogP contribution < -0.4 is 16.4 Å². The quantitative estimate of drug-likeness (QED) is 0.763. The summed E-state index contributed by atoms with van der Waals surface area (Å²) in [6, 6.07) is 2.37. The molecule has 0 spiro atoms. The smallest absolute Gasteiger partial charge is 0.265 e. The van der Waals surface area contributed by atoms with Crippen molar-refractivity contribution in [2.75, 3.05) is 11.1 Å². The third kappa shape index (κ3) is 4.44. The van der Waals surface area contributed by atoms with Crippen LogP contribution >= 0.6 is 22.7 Å². The maximum atomic E-state index is 12.3. The molecule has 0 aliphatic heterocycles. The lowest BCUT2D eigenvalue weighted by Crippen LogP contribution is -2.33. The topological polar surface area (TPSA) is 80.0 Å². The summed E-state index contributed by atoms with van der Waals surface area (Å²) in [6.45, 7) is 6.01. The zero-order chi connectivity index (χ0) is 15.4. The molecule has 0 aliphatic rings. The van der Waals surface area contributed by atoms with Crippen molar-refractivity contribution in [3.05, 3.63) is 27.3 Å².